The van der Waals surface area contributed by atoms with Crippen LogP contribution in [-0.2, 0) is 13.0 Å². The smallest absolute Gasteiger partial charge is 0.393 e. The number of carbonyl (C=O) groups excluding carboxylic acids is 1. The van der Waals surface area contributed by atoms with E-state index >= 15 is 0 Å². The van der Waals surface area contributed by atoms with E-state index in [1.807, 2.05) is 6.07 Å². The average molecular weight is 453 g/mol. The molecule has 4 rings (SSSR count). The Hall–Kier alpha value is -3.98. The van der Waals surface area contributed by atoms with Gasteiger partial charge in [-0.05, 0) is 52.7 Å². The second-order valence-electron chi connectivity index (χ2n) is 7.24. The summed E-state index contributed by atoms with van der Waals surface area (Å²) in [7, 11) is 0. The molecule has 1 heterocycles. The monoisotopic (exact) mass is 453 g/mol. The van der Waals surface area contributed by atoms with E-state index in [1.54, 1.807) is 30.3 Å². The highest BCUT2D eigenvalue weighted by molar-refractivity contribution is 6.13. The molecule has 0 aliphatic heterocycles. The van der Waals surface area contributed by atoms with Crippen LogP contribution in [0.3, 0.4) is 0 Å². The molecule has 0 saturated heterocycles. The number of nitrogens with one attached hydrogen (secondary N) is 1. The Morgan fingerprint density at radius 2 is 1.82 bits per heavy atom. The summed E-state index contributed by atoms with van der Waals surface area (Å²) in [6, 6.07) is 17.5. The van der Waals surface area contributed by atoms with E-state index in [0.717, 1.165) is 5.39 Å². The summed E-state index contributed by atoms with van der Waals surface area (Å²) in [6.45, 7) is -0.242. The lowest BCUT2D eigenvalue weighted by atomic mass is 10.0. The lowest BCUT2D eigenvalue weighted by Crippen LogP contribution is -2.14. The molecule has 0 aliphatic carbocycles. The Morgan fingerprint density at radius 1 is 1.00 bits per heavy atom. The van der Waals surface area contributed by atoms with Gasteiger partial charge < -0.3 is 15.2 Å². The number of halogens is 3. The van der Waals surface area contributed by atoms with Gasteiger partial charge in [0.05, 0.1) is 18.7 Å². The summed E-state index contributed by atoms with van der Waals surface area (Å²) < 4.78 is 43.7. The molecule has 0 saturated carbocycles. The Balaban J connectivity index is 1.56. The fourth-order valence-electron chi connectivity index (χ4n) is 3.35. The van der Waals surface area contributed by atoms with Gasteiger partial charge in [-0.1, -0.05) is 24.3 Å². The van der Waals surface area contributed by atoms with Gasteiger partial charge in [-0.2, -0.15) is 13.2 Å². The molecule has 0 aliphatic rings. The Morgan fingerprint density at radius 3 is 2.61 bits per heavy atom. The maximum absolute atomic E-state index is 12.9. The number of aromatic nitrogens is 2. The minimum absolute atomic E-state index is 0.0640. The Bertz CT molecular complexity index is 1310. The number of carbonyl (C=O) groups is 1. The van der Waals surface area contributed by atoms with Gasteiger partial charge in [0.1, 0.15) is 12.1 Å². The van der Waals surface area contributed by atoms with Crippen LogP contribution in [0.2, 0.25) is 0 Å². The summed E-state index contributed by atoms with van der Waals surface area (Å²) in [6.07, 6.45) is -4.11. The highest BCUT2D eigenvalue weighted by atomic mass is 19.4. The number of rotatable bonds is 6. The molecule has 33 heavy (non-hydrogen) atoms. The standard InChI is InChI=1S/C24H18F3N3O3/c25-24(26,27)12-15-3-1-5-17(9-15)30-23(32)21-6-2-4-16-10-19(7-8-20(16)21)33-22-11-18(13-31)28-14-29-22/h1-11,14,31H,12-13H2,(H,30,32). The number of ether oxygens (including phenoxy) is 1. The molecule has 1 amide bonds. The maximum atomic E-state index is 12.9. The van der Waals surface area contributed by atoms with Crippen LogP contribution in [-0.4, -0.2) is 27.2 Å². The first-order valence-electron chi connectivity index (χ1n) is 9.90. The van der Waals surface area contributed by atoms with Crippen molar-refractivity contribution in [1.82, 2.24) is 9.97 Å². The number of fused-ring (bicyclic) bond motifs is 1. The Labute approximate surface area is 186 Å². The van der Waals surface area contributed by atoms with E-state index in [2.05, 4.69) is 15.3 Å². The minimum Gasteiger partial charge on any atom is -0.439 e. The molecule has 2 N–H and O–H groups in total. The molecule has 1 aromatic heterocycles. The average Bonchev–Trinajstić information content (AvgIpc) is 2.77. The molecule has 6 nitrogen and oxygen atoms in total. The third-order valence-corrected chi connectivity index (χ3v) is 4.77. The largest absolute Gasteiger partial charge is 0.439 e. The van der Waals surface area contributed by atoms with Gasteiger partial charge >= 0.3 is 6.18 Å². The minimum atomic E-state index is -4.33. The van der Waals surface area contributed by atoms with Gasteiger partial charge in [0.25, 0.3) is 5.91 Å². The van der Waals surface area contributed by atoms with Crippen molar-refractivity contribution in [2.24, 2.45) is 0 Å². The van der Waals surface area contributed by atoms with Gasteiger partial charge in [0.2, 0.25) is 5.88 Å². The van der Waals surface area contributed by atoms with Crippen molar-refractivity contribution in [2.75, 3.05) is 5.32 Å². The molecule has 9 heteroatoms. The van der Waals surface area contributed by atoms with Gasteiger partial charge in [0, 0.05) is 17.3 Å². The molecule has 168 valence electrons. The fourth-order valence-corrected chi connectivity index (χ4v) is 3.35. The van der Waals surface area contributed by atoms with Crippen molar-refractivity contribution in [2.45, 2.75) is 19.2 Å². The van der Waals surface area contributed by atoms with E-state index < -0.39 is 18.5 Å². The first-order chi connectivity index (χ1) is 15.8. The summed E-state index contributed by atoms with van der Waals surface area (Å²) in [5, 5.41) is 13.2. The van der Waals surface area contributed by atoms with Crippen LogP contribution in [0.15, 0.2) is 73.1 Å². The van der Waals surface area contributed by atoms with Crippen LogP contribution in [0.4, 0.5) is 18.9 Å². The summed E-state index contributed by atoms with van der Waals surface area (Å²) >= 11 is 0. The van der Waals surface area contributed by atoms with Crippen LogP contribution in [0, 0.1) is 0 Å². The third-order valence-electron chi connectivity index (χ3n) is 4.77. The second-order valence-corrected chi connectivity index (χ2v) is 7.24. The van der Waals surface area contributed by atoms with Crippen LogP contribution in [0.25, 0.3) is 10.8 Å². The van der Waals surface area contributed by atoms with Crippen molar-refractivity contribution in [3.63, 3.8) is 0 Å². The molecule has 0 spiro atoms. The molecule has 4 aromatic rings. The lowest BCUT2D eigenvalue weighted by Gasteiger charge is -2.11. The van der Waals surface area contributed by atoms with Crippen LogP contribution in [0.5, 0.6) is 11.6 Å². The van der Waals surface area contributed by atoms with Crippen LogP contribution < -0.4 is 10.1 Å². The van der Waals surface area contributed by atoms with Crippen molar-refractivity contribution in [1.29, 1.82) is 0 Å². The van der Waals surface area contributed by atoms with Crippen molar-refractivity contribution >= 4 is 22.4 Å². The van der Waals surface area contributed by atoms with Gasteiger partial charge in [-0.15, -0.1) is 0 Å². The first-order valence-corrected chi connectivity index (χ1v) is 9.90. The van der Waals surface area contributed by atoms with E-state index in [0.29, 0.717) is 22.4 Å². The highest BCUT2D eigenvalue weighted by Crippen LogP contribution is 2.28. The topological polar surface area (TPSA) is 84.3 Å². The first kappa shape index (κ1) is 22.2. The predicted octanol–water partition coefficient (Wildman–Crippen LogP) is 5.27. The Kier molecular flexibility index (Phi) is 6.23. The van der Waals surface area contributed by atoms with E-state index in [-0.39, 0.29) is 23.7 Å². The molecule has 0 fully saturated rings. The zero-order valence-electron chi connectivity index (χ0n) is 17.1. The summed E-state index contributed by atoms with van der Waals surface area (Å²) in [4.78, 5) is 20.8. The van der Waals surface area contributed by atoms with E-state index in [1.165, 1.54) is 36.7 Å². The number of nitrogens with zero attached hydrogens (tertiary/aromatic N) is 2. The van der Waals surface area contributed by atoms with Gasteiger partial charge in [-0.3, -0.25) is 4.79 Å². The zero-order chi connectivity index (χ0) is 23.4. The zero-order valence-corrected chi connectivity index (χ0v) is 17.1. The fraction of sp³-hybridized carbons (Fsp3) is 0.125. The number of alkyl halides is 3. The molecular formula is C24H18F3N3O3. The number of aliphatic hydroxyl groups is 1. The van der Waals surface area contributed by atoms with Crippen LogP contribution in [0.1, 0.15) is 21.6 Å². The van der Waals surface area contributed by atoms with Crippen molar-refractivity contribution < 1.29 is 27.8 Å². The molecule has 0 bridgehead atoms. The van der Waals surface area contributed by atoms with Crippen molar-refractivity contribution in [3.05, 3.63) is 89.9 Å². The molecule has 3 aromatic carbocycles. The number of aliphatic hydroxyl groups excluding tert-OH is 1. The molecule has 0 atom stereocenters. The normalized spacial score (nSPS) is 11.4. The van der Waals surface area contributed by atoms with E-state index in [4.69, 9.17) is 4.74 Å². The SMILES string of the molecule is O=C(Nc1cccc(CC(F)(F)F)c1)c1cccc2cc(Oc3cc(CO)ncn3)ccc12. The van der Waals surface area contributed by atoms with Gasteiger partial charge in [-0.25, -0.2) is 9.97 Å². The predicted molar refractivity (Wildman–Crippen MR) is 116 cm³/mol. The van der Waals surface area contributed by atoms with Crippen molar-refractivity contribution in [3.8, 4) is 11.6 Å². The molecule has 0 radical (unpaired) electrons. The lowest BCUT2D eigenvalue weighted by molar-refractivity contribution is -0.127. The second kappa shape index (κ2) is 9.25. The molecule has 0 unspecified atom stereocenters. The number of hydrogen-bond donors (Lipinski definition) is 2. The molecular weight excluding hydrogens is 435 g/mol. The number of hydrogen-bond acceptors (Lipinski definition) is 5. The number of anilines is 1. The summed E-state index contributed by atoms with van der Waals surface area (Å²) in [5.74, 6) is 0.297. The number of benzene rings is 3. The number of amides is 1. The maximum Gasteiger partial charge on any atom is 0.393 e. The van der Waals surface area contributed by atoms with Gasteiger partial charge in [0.15, 0.2) is 0 Å². The highest BCUT2D eigenvalue weighted by Gasteiger charge is 2.27. The van der Waals surface area contributed by atoms with E-state index in [9.17, 15) is 23.1 Å². The quantitative estimate of drug-likeness (QED) is 0.416. The van der Waals surface area contributed by atoms with Crippen LogP contribution >= 0.6 is 0 Å². The summed E-state index contributed by atoms with van der Waals surface area (Å²) in [5.41, 5.74) is 1.13. The third kappa shape index (κ3) is 5.64.